The number of nitrogens with one attached hydrogen (secondary N) is 1. The number of hydrogen-bond donors (Lipinski definition) is 4. The zero-order valence-electron chi connectivity index (χ0n) is 16.0. The predicted molar refractivity (Wildman–Crippen MR) is 105 cm³/mol. The summed E-state index contributed by atoms with van der Waals surface area (Å²) in [5.41, 5.74) is 12.5. The summed E-state index contributed by atoms with van der Waals surface area (Å²) >= 11 is 0. The number of hydrogen-bond acceptors (Lipinski definition) is 5. The molecule has 0 aromatic heterocycles. The highest BCUT2D eigenvalue weighted by Crippen LogP contribution is 2.20. The zero-order chi connectivity index (χ0) is 20.5. The monoisotopic (exact) mass is 390 g/mol. The molecule has 8 nitrogen and oxygen atoms in total. The van der Waals surface area contributed by atoms with E-state index in [4.69, 9.17) is 11.5 Å². The number of carboxylic acid groups (broad SMARTS) is 1. The highest BCUT2D eigenvalue weighted by atomic mass is 16.4. The molecule has 1 fully saturated rings. The Morgan fingerprint density at radius 3 is 2.57 bits per heavy atom. The van der Waals surface area contributed by atoms with Crippen molar-refractivity contribution in [2.75, 3.05) is 13.1 Å². The fraction of sp³-hybridized carbons (Fsp3) is 0.550. The van der Waals surface area contributed by atoms with Crippen LogP contribution in [0.25, 0.3) is 0 Å². The van der Waals surface area contributed by atoms with Crippen molar-refractivity contribution in [3.8, 4) is 0 Å². The molecule has 1 aromatic carbocycles. The molecule has 0 aliphatic carbocycles. The van der Waals surface area contributed by atoms with Crippen LogP contribution >= 0.6 is 0 Å². The van der Waals surface area contributed by atoms with E-state index in [-0.39, 0.29) is 24.9 Å². The highest BCUT2D eigenvalue weighted by molar-refractivity contribution is 5.88. The van der Waals surface area contributed by atoms with E-state index in [1.54, 1.807) is 0 Å². The highest BCUT2D eigenvalue weighted by Gasteiger charge is 2.41. The fourth-order valence-electron chi connectivity index (χ4n) is 3.49. The molecule has 0 radical (unpaired) electrons. The van der Waals surface area contributed by atoms with Crippen LogP contribution in [0.4, 0.5) is 0 Å². The third kappa shape index (κ3) is 6.31. The van der Waals surface area contributed by atoms with Crippen LogP contribution in [0.1, 0.15) is 37.7 Å². The standard InChI is InChI=1S/C20H30N4O4/c21-11-5-9-16(22)19(26)24-13-15(12-17(24)20(27)28)23-18(25)10-4-8-14-6-2-1-3-7-14/h1-3,6-7,15-17H,4-5,8-13,21-22H2,(H,23,25)(H,27,28)/t15-,16-,17+/m1/s1. The number of carboxylic acids is 1. The number of amides is 2. The van der Waals surface area contributed by atoms with Gasteiger partial charge in [-0.25, -0.2) is 4.79 Å². The molecule has 1 saturated heterocycles. The Balaban J connectivity index is 1.84. The van der Waals surface area contributed by atoms with Crippen molar-refractivity contribution in [2.45, 2.75) is 56.7 Å². The predicted octanol–water partition coefficient (Wildman–Crippen LogP) is 0.246. The minimum atomic E-state index is -1.08. The average Bonchev–Trinajstić information content (AvgIpc) is 3.10. The number of carbonyl (C=O) groups excluding carboxylic acids is 2. The Labute approximate surface area is 165 Å². The summed E-state index contributed by atoms with van der Waals surface area (Å²) in [6.45, 7) is 0.585. The van der Waals surface area contributed by atoms with Crippen molar-refractivity contribution in [1.82, 2.24) is 10.2 Å². The summed E-state index contributed by atoms with van der Waals surface area (Å²) in [5.74, 6) is -1.62. The smallest absolute Gasteiger partial charge is 0.326 e. The second kappa shape index (κ2) is 10.8. The lowest BCUT2D eigenvalue weighted by molar-refractivity contribution is -0.148. The minimum absolute atomic E-state index is 0.133. The van der Waals surface area contributed by atoms with Gasteiger partial charge >= 0.3 is 5.97 Å². The number of aliphatic carboxylic acids is 1. The van der Waals surface area contributed by atoms with Crippen LogP contribution in [-0.2, 0) is 20.8 Å². The molecule has 6 N–H and O–H groups in total. The lowest BCUT2D eigenvalue weighted by Gasteiger charge is -2.24. The average molecular weight is 390 g/mol. The van der Waals surface area contributed by atoms with E-state index in [2.05, 4.69) is 5.32 Å². The maximum absolute atomic E-state index is 12.5. The van der Waals surface area contributed by atoms with Crippen LogP contribution in [0, 0.1) is 0 Å². The third-order valence-electron chi connectivity index (χ3n) is 4.98. The van der Waals surface area contributed by atoms with Crippen molar-refractivity contribution in [2.24, 2.45) is 11.5 Å². The molecule has 0 bridgehead atoms. The minimum Gasteiger partial charge on any atom is -0.480 e. The first-order valence-corrected chi connectivity index (χ1v) is 9.74. The number of aryl methyl sites for hydroxylation is 1. The van der Waals surface area contributed by atoms with Gasteiger partial charge in [0, 0.05) is 25.4 Å². The number of likely N-dealkylation sites (tertiary alicyclic amines) is 1. The van der Waals surface area contributed by atoms with Gasteiger partial charge in [0.2, 0.25) is 11.8 Å². The molecule has 3 atom stereocenters. The quantitative estimate of drug-likeness (QED) is 0.451. The van der Waals surface area contributed by atoms with Crippen molar-refractivity contribution >= 4 is 17.8 Å². The molecule has 2 rings (SSSR count). The second-order valence-electron chi connectivity index (χ2n) is 7.22. The van der Waals surface area contributed by atoms with Gasteiger partial charge in [-0.05, 0) is 37.8 Å². The number of nitrogens with zero attached hydrogens (tertiary/aromatic N) is 1. The molecule has 28 heavy (non-hydrogen) atoms. The summed E-state index contributed by atoms with van der Waals surface area (Å²) in [7, 11) is 0. The molecule has 154 valence electrons. The van der Waals surface area contributed by atoms with Crippen LogP contribution in [0.3, 0.4) is 0 Å². The number of rotatable bonds is 10. The molecule has 0 unspecified atom stereocenters. The number of carbonyl (C=O) groups is 3. The van der Waals surface area contributed by atoms with Gasteiger partial charge in [0.15, 0.2) is 0 Å². The molecule has 0 saturated carbocycles. The van der Waals surface area contributed by atoms with Crippen molar-refractivity contribution in [1.29, 1.82) is 0 Å². The van der Waals surface area contributed by atoms with Crippen LogP contribution in [0.5, 0.6) is 0 Å². The van der Waals surface area contributed by atoms with E-state index in [0.717, 1.165) is 6.42 Å². The Bertz CT molecular complexity index is 667. The maximum atomic E-state index is 12.5. The van der Waals surface area contributed by atoms with Crippen molar-refractivity contribution < 1.29 is 19.5 Å². The number of nitrogens with two attached hydrogens (primary N) is 2. The van der Waals surface area contributed by atoms with Gasteiger partial charge in [0.05, 0.1) is 6.04 Å². The Morgan fingerprint density at radius 2 is 1.93 bits per heavy atom. The van der Waals surface area contributed by atoms with Crippen molar-refractivity contribution in [3.05, 3.63) is 35.9 Å². The molecule has 1 heterocycles. The number of benzene rings is 1. The molecular weight excluding hydrogens is 360 g/mol. The molecule has 2 amide bonds. The van der Waals surface area contributed by atoms with Crippen LogP contribution in [0.15, 0.2) is 30.3 Å². The molecule has 1 aromatic rings. The molecule has 1 aliphatic heterocycles. The topological polar surface area (TPSA) is 139 Å². The summed E-state index contributed by atoms with van der Waals surface area (Å²) in [5, 5.41) is 12.3. The lowest BCUT2D eigenvalue weighted by atomic mass is 10.1. The fourth-order valence-corrected chi connectivity index (χ4v) is 3.49. The van der Waals surface area contributed by atoms with E-state index >= 15 is 0 Å². The maximum Gasteiger partial charge on any atom is 0.326 e. The zero-order valence-corrected chi connectivity index (χ0v) is 16.0. The molecular formula is C20H30N4O4. The van der Waals surface area contributed by atoms with Gasteiger partial charge in [-0.1, -0.05) is 30.3 Å². The van der Waals surface area contributed by atoms with Crippen molar-refractivity contribution in [3.63, 3.8) is 0 Å². The van der Waals surface area contributed by atoms with Crippen LogP contribution in [-0.4, -0.2) is 59.0 Å². The normalized spacial score (nSPS) is 20.0. The Morgan fingerprint density at radius 1 is 1.21 bits per heavy atom. The van der Waals surface area contributed by atoms with Gasteiger partial charge in [-0.2, -0.15) is 0 Å². The van der Waals surface area contributed by atoms with Gasteiger partial charge in [0.1, 0.15) is 6.04 Å². The van der Waals surface area contributed by atoms with E-state index < -0.39 is 24.0 Å². The Kier molecular flexibility index (Phi) is 8.41. The van der Waals surface area contributed by atoms with E-state index in [1.807, 2.05) is 30.3 Å². The summed E-state index contributed by atoms with van der Waals surface area (Å²) in [6, 6.07) is 7.79. The Hall–Kier alpha value is -2.45. The molecule has 1 aliphatic rings. The first-order valence-electron chi connectivity index (χ1n) is 9.74. The molecule has 8 heteroatoms. The van der Waals surface area contributed by atoms with Gasteiger partial charge in [-0.15, -0.1) is 0 Å². The van der Waals surface area contributed by atoms with E-state index in [9.17, 15) is 19.5 Å². The third-order valence-corrected chi connectivity index (χ3v) is 4.98. The summed E-state index contributed by atoms with van der Waals surface area (Å²) < 4.78 is 0. The largest absolute Gasteiger partial charge is 0.480 e. The molecule has 0 spiro atoms. The van der Waals surface area contributed by atoms with E-state index in [0.29, 0.717) is 32.2 Å². The van der Waals surface area contributed by atoms with Crippen LogP contribution < -0.4 is 16.8 Å². The van der Waals surface area contributed by atoms with Gasteiger partial charge in [-0.3, -0.25) is 9.59 Å². The summed E-state index contributed by atoms with van der Waals surface area (Å²) in [4.78, 5) is 37.5. The lowest BCUT2D eigenvalue weighted by Crippen LogP contribution is -2.49. The van der Waals surface area contributed by atoms with Crippen LogP contribution in [0.2, 0.25) is 0 Å². The summed E-state index contributed by atoms with van der Waals surface area (Å²) in [6.07, 6.45) is 3.06. The second-order valence-corrected chi connectivity index (χ2v) is 7.22. The first kappa shape index (κ1) is 21.8. The van der Waals surface area contributed by atoms with E-state index in [1.165, 1.54) is 10.5 Å². The van der Waals surface area contributed by atoms with Gasteiger partial charge in [0.25, 0.3) is 0 Å². The van der Waals surface area contributed by atoms with Gasteiger partial charge < -0.3 is 26.8 Å². The first-order chi connectivity index (χ1) is 13.4. The SMILES string of the molecule is NCCC[C@@H](N)C(=O)N1C[C@H](NC(=O)CCCc2ccccc2)C[C@H]1C(=O)O.